The number of benzene rings is 1. The van der Waals surface area contributed by atoms with Crippen LogP contribution in [0.15, 0.2) is 30.5 Å². The van der Waals surface area contributed by atoms with E-state index in [1.165, 1.54) is 11.3 Å². The predicted molar refractivity (Wildman–Crippen MR) is 96.5 cm³/mol. The van der Waals surface area contributed by atoms with Crippen LogP contribution >= 0.6 is 22.9 Å². The molecule has 1 aromatic heterocycles. The van der Waals surface area contributed by atoms with Crippen molar-refractivity contribution in [3.05, 3.63) is 45.9 Å². The standard InChI is InChI=1S/C17H20ClN3O2S/c18-13-3-1-2-11(8-13)9-14-10-20-17(24-14)21-16(22)15(19)12-4-6-23-7-5-12/h1-3,8,10,12,15H,4-7,9,19H2,(H,20,21,22). The maximum Gasteiger partial charge on any atom is 0.243 e. The van der Waals surface area contributed by atoms with Crippen LogP contribution in [0.1, 0.15) is 23.3 Å². The number of thiazole rings is 1. The molecule has 1 aliphatic heterocycles. The number of hydrogen-bond donors (Lipinski definition) is 2. The van der Waals surface area contributed by atoms with Crippen molar-refractivity contribution < 1.29 is 9.53 Å². The highest BCUT2D eigenvalue weighted by atomic mass is 35.5. The monoisotopic (exact) mass is 365 g/mol. The molecule has 0 saturated carbocycles. The van der Waals surface area contributed by atoms with Gasteiger partial charge in [-0.25, -0.2) is 4.98 Å². The smallest absolute Gasteiger partial charge is 0.243 e. The summed E-state index contributed by atoms with van der Waals surface area (Å²) in [5, 5.41) is 4.13. The first-order valence-electron chi connectivity index (χ1n) is 7.95. The molecule has 3 N–H and O–H groups in total. The van der Waals surface area contributed by atoms with Gasteiger partial charge in [0.15, 0.2) is 5.13 Å². The third-order valence-corrected chi connectivity index (χ3v) is 5.28. The number of halogens is 1. The zero-order valence-corrected chi connectivity index (χ0v) is 14.8. The summed E-state index contributed by atoms with van der Waals surface area (Å²) in [6, 6.07) is 7.20. The Labute approximate surface area is 150 Å². The van der Waals surface area contributed by atoms with Crippen molar-refractivity contribution >= 4 is 34.0 Å². The van der Waals surface area contributed by atoms with Crippen LogP contribution in [0.5, 0.6) is 0 Å². The minimum Gasteiger partial charge on any atom is -0.381 e. The lowest BCUT2D eigenvalue weighted by atomic mass is 9.92. The van der Waals surface area contributed by atoms with E-state index < -0.39 is 6.04 Å². The quantitative estimate of drug-likeness (QED) is 0.853. The number of carbonyl (C=O) groups excluding carboxylic acids is 1. The summed E-state index contributed by atoms with van der Waals surface area (Å²) in [5.74, 6) is -0.00445. The van der Waals surface area contributed by atoms with Gasteiger partial charge in [0.1, 0.15) is 0 Å². The Bertz CT molecular complexity index is 701. The third-order valence-electron chi connectivity index (χ3n) is 4.13. The van der Waals surface area contributed by atoms with Gasteiger partial charge in [0.2, 0.25) is 5.91 Å². The van der Waals surface area contributed by atoms with E-state index in [9.17, 15) is 4.79 Å². The normalized spacial score (nSPS) is 16.8. The molecule has 7 heteroatoms. The van der Waals surface area contributed by atoms with E-state index in [2.05, 4.69) is 10.3 Å². The highest BCUT2D eigenvalue weighted by Gasteiger charge is 2.27. The Balaban J connectivity index is 1.58. The minimum absolute atomic E-state index is 0.171. The Morgan fingerprint density at radius 1 is 1.46 bits per heavy atom. The molecule has 1 fully saturated rings. The Hall–Kier alpha value is -1.47. The first-order valence-corrected chi connectivity index (χ1v) is 9.14. The summed E-state index contributed by atoms with van der Waals surface area (Å²) in [4.78, 5) is 17.6. The third kappa shape index (κ3) is 4.54. The van der Waals surface area contributed by atoms with Gasteiger partial charge in [0.05, 0.1) is 6.04 Å². The van der Waals surface area contributed by atoms with Gasteiger partial charge in [-0.05, 0) is 36.5 Å². The Kier molecular flexibility index (Phi) is 5.84. The number of amides is 1. The molecule has 24 heavy (non-hydrogen) atoms. The Morgan fingerprint density at radius 2 is 2.25 bits per heavy atom. The zero-order chi connectivity index (χ0) is 16.9. The lowest BCUT2D eigenvalue weighted by Gasteiger charge is -2.26. The average molecular weight is 366 g/mol. The summed E-state index contributed by atoms with van der Waals surface area (Å²) in [6.07, 6.45) is 4.17. The number of nitrogens with zero attached hydrogens (tertiary/aromatic N) is 1. The van der Waals surface area contributed by atoms with Crippen LogP contribution in [0.25, 0.3) is 0 Å². The Morgan fingerprint density at radius 3 is 3.00 bits per heavy atom. The van der Waals surface area contributed by atoms with E-state index in [0.29, 0.717) is 23.4 Å². The minimum atomic E-state index is -0.519. The second kappa shape index (κ2) is 8.07. The molecule has 0 spiro atoms. The van der Waals surface area contributed by atoms with Gasteiger partial charge in [-0.2, -0.15) is 0 Å². The molecule has 2 aromatic rings. The number of aromatic nitrogens is 1. The number of ether oxygens (including phenoxy) is 1. The first kappa shape index (κ1) is 17.4. The molecule has 2 heterocycles. The van der Waals surface area contributed by atoms with Crippen molar-refractivity contribution in [3.8, 4) is 0 Å². The van der Waals surface area contributed by atoms with Crippen molar-refractivity contribution in [3.63, 3.8) is 0 Å². The molecule has 1 aliphatic rings. The van der Waals surface area contributed by atoms with Crippen LogP contribution in [0, 0.1) is 5.92 Å². The van der Waals surface area contributed by atoms with E-state index in [4.69, 9.17) is 22.1 Å². The molecular weight excluding hydrogens is 346 g/mol. The van der Waals surface area contributed by atoms with Crippen LogP contribution in [0.3, 0.4) is 0 Å². The fourth-order valence-electron chi connectivity index (χ4n) is 2.77. The molecule has 0 radical (unpaired) electrons. The summed E-state index contributed by atoms with van der Waals surface area (Å²) in [7, 11) is 0. The number of carbonyl (C=O) groups is 1. The maximum absolute atomic E-state index is 12.3. The molecular formula is C17H20ClN3O2S. The second-order valence-corrected chi connectivity index (χ2v) is 7.45. The topological polar surface area (TPSA) is 77.2 Å². The number of hydrogen-bond acceptors (Lipinski definition) is 5. The van der Waals surface area contributed by atoms with Gasteiger partial charge in [0, 0.05) is 35.7 Å². The summed E-state index contributed by atoms with van der Waals surface area (Å²) < 4.78 is 5.31. The molecule has 5 nitrogen and oxygen atoms in total. The van der Waals surface area contributed by atoms with Gasteiger partial charge in [-0.15, -0.1) is 11.3 Å². The highest BCUT2D eigenvalue weighted by molar-refractivity contribution is 7.15. The van der Waals surface area contributed by atoms with Crippen molar-refractivity contribution in [2.45, 2.75) is 25.3 Å². The second-order valence-electron chi connectivity index (χ2n) is 5.90. The largest absolute Gasteiger partial charge is 0.381 e. The molecule has 1 atom stereocenters. The fourth-order valence-corrected chi connectivity index (χ4v) is 3.84. The van der Waals surface area contributed by atoms with Gasteiger partial charge in [-0.3, -0.25) is 4.79 Å². The molecule has 0 bridgehead atoms. The van der Waals surface area contributed by atoms with Gasteiger partial charge in [0.25, 0.3) is 0 Å². The van der Waals surface area contributed by atoms with Crippen molar-refractivity contribution in [1.82, 2.24) is 4.98 Å². The fraction of sp³-hybridized carbons (Fsp3) is 0.412. The maximum atomic E-state index is 12.3. The van der Waals surface area contributed by atoms with Gasteiger partial charge in [-0.1, -0.05) is 23.7 Å². The zero-order valence-electron chi connectivity index (χ0n) is 13.2. The SMILES string of the molecule is NC(C(=O)Nc1ncc(Cc2cccc(Cl)c2)s1)C1CCOCC1. The van der Waals surface area contributed by atoms with E-state index in [0.717, 1.165) is 29.7 Å². The van der Waals surface area contributed by atoms with Crippen molar-refractivity contribution in [2.24, 2.45) is 11.7 Å². The first-order chi connectivity index (χ1) is 11.6. The average Bonchev–Trinajstić information content (AvgIpc) is 3.02. The van der Waals surface area contributed by atoms with Crippen LogP contribution < -0.4 is 11.1 Å². The van der Waals surface area contributed by atoms with Crippen molar-refractivity contribution in [2.75, 3.05) is 18.5 Å². The molecule has 1 amide bonds. The summed E-state index contributed by atoms with van der Waals surface area (Å²) in [5.41, 5.74) is 7.20. The van der Waals surface area contributed by atoms with E-state index in [1.54, 1.807) is 6.20 Å². The summed E-state index contributed by atoms with van der Waals surface area (Å²) in [6.45, 7) is 1.35. The number of anilines is 1. The molecule has 1 saturated heterocycles. The van der Waals surface area contributed by atoms with E-state index in [-0.39, 0.29) is 11.8 Å². The van der Waals surface area contributed by atoms with Crippen LogP contribution in [0.4, 0.5) is 5.13 Å². The van der Waals surface area contributed by atoms with Crippen LogP contribution in [0.2, 0.25) is 5.02 Å². The van der Waals surface area contributed by atoms with Crippen LogP contribution in [-0.2, 0) is 16.0 Å². The molecule has 128 valence electrons. The number of nitrogens with two attached hydrogens (primary N) is 1. The van der Waals surface area contributed by atoms with E-state index >= 15 is 0 Å². The van der Waals surface area contributed by atoms with E-state index in [1.807, 2.05) is 24.3 Å². The number of rotatable bonds is 5. The lowest BCUT2D eigenvalue weighted by molar-refractivity contribution is -0.119. The van der Waals surface area contributed by atoms with Crippen LogP contribution in [-0.4, -0.2) is 30.1 Å². The molecule has 1 aromatic carbocycles. The molecule has 3 rings (SSSR count). The number of nitrogens with one attached hydrogen (secondary N) is 1. The highest BCUT2D eigenvalue weighted by Crippen LogP contribution is 2.24. The van der Waals surface area contributed by atoms with Crippen molar-refractivity contribution in [1.29, 1.82) is 0 Å². The van der Waals surface area contributed by atoms with Gasteiger partial charge >= 0.3 is 0 Å². The molecule has 1 unspecified atom stereocenters. The van der Waals surface area contributed by atoms with Gasteiger partial charge < -0.3 is 15.8 Å². The summed E-state index contributed by atoms with van der Waals surface area (Å²) >= 11 is 7.46. The molecule has 0 aliphatic carbocycles. The lowest BCUT2D eigenvalue weighted by Crippen LogP contribution is -2.43. The predicted octanol–water partition coefficient (Wildman–Crippen LogP) is 3.08.